The molecule has 0 radical (unpaired) electrons. The van der Waals surface area contributed by atoms with Gasteiger partial charge in [-0.1, -0.05) is 24.3 Å². The monoisotopic (exact) mass is 642 g/mol. The molecule has 46 heavy (non-hydrogen) atoms. The quantitative estimate of drug-likeness (QED) is 0.268. The number of aromatic nitrogens is 5. The Morgan fingerprint density at radius 2 is 1.80 bits per heavy atom. The molecule has 0 spiro atoms. The summed E-state index contributed by atoms with van der Waals surface area (Å²) in [5.74, 6) is -3.17. The predicted molar refractivity (Wildman–Crippen MR) is 162 cm³/mol. The molecule has 0 fully saturated rings. The third kappa shape index (κ3) is 7.27. The van der Waals surface area contributed by atoms with Gasteiger partial charge >= 0.3 is 18.1 Å². The molecule has 246 valence electrons. The zero-order chi connectivity index (χ0) is 34.0. The number of rotatable bonds is 7. The second-order valence-electron chi connectivity index (χ2n) is 11.9. The second kappa shape index (κ2) is 13.4. The van der Waals surface area contributed by atoms with E-state index in [0.29, 0.717) is 6.54 Å². The number of hydrogen-bond donors (Lipinski definition) is 2. The Morgan fingerprint density at radius 1 is 1.11 bits per heavy atom. The molecule has 1 aromatic carbocycles. The molecule has 0 bridgehead atoms. The van der Waals surface area contributed by atoms with Crippen molar-refractivity contribution in [2.24, 2.45) is 12.5 Å². The van der Waals surface area contributed by atoms with Crippen molar-refractivity contribution in [2.75, 3.05) is 6.54 Å². The molecule has 1 aliphatic heterocycles. The number of carboxylic acid groups (broad SMARTS) is 2. The minimum Gasteiger partial charge on any atom is -0.489 e. The minimum absolute atomic E-state index is 0.0742. The van der Waals surface area contributed by atoms with Gasteiger partial charge in [0.1, 0.15) is 17.4 Å². The van der Waals surface area contributed by atoms with Crippen molar-refractivity contribution in [3.8, 4) is 5.75 Å². The SMILES string of the molecule is CC[C@@H]1CN(Cc2cc(C(c3ccc4c(nnn4C)c3C)C(C)(C)C(=O)O)cnc2C)Cc2cnccc2O1.O=C(O)C(F)(F)F. The van der Waals surface area contributed by atoms with Gasteiger partial charge in [-0.2, -0.15) is 13.2 Å². The maximum atomic E-state index is 12.6. The van der Waals surface area contributed by atoms with Crippen molar-refractivity contribution in [1.29, 1.82) is 0 Å². The Hall–Kier alpha value is -4.59. The summed E-state index contributed by atoms with van der Waals surface area (Å²) in [5.41, 5.74) is 6.38. The van der Waals surface area contributed by atoms with E-state index in [-0.39, 0.29) is 6.10 Å². The number of aryl methyl sites for hydroxylation is 3. The highest BCUT2D eigenvalue weighted by atomic mass is 19.4. The minimum atomic E-state index is -5.08. The van der Waals surface area contributed by atoms with Crippen LogP contribution < -0.4 is 4.74 Å². The summed E-state index contributed by atoms with van der Waals surface area (Å²) < 4.78 is 39.7. The number of nitrogens with zero attached hydrogens (tertiary/aromatic N) is 6. The van der Waals surface area contributed by atoms with Crippen LogP contribution in [0.5, 0.6) is 5.75 Å². The third-order valence-corrected chi connectivity index (χ3v) is 8.31. The van der Waals surface area contributed by atoms with E-state index in [0.717, 1.165) is 69.8 Å². The van der Waals surface area contributed by atoms with Gasteiger partial charge in [-0.3, -0.25) is 19.7 Å². The van der Waals surface area contributed by atoms with Crippen molar-refractivity contribution >= 4 is 23.0 Å². The van der Waals surface area contributed by atoms with Crippen LogP contribution in [-0.4, -0.2) is 70.8 Å². The van der Waals surface area contributed by atoms with Gasteiger partial charge in [-0.25, -0.2) is 9.48 Å². The molecule has 1 unspecified atom stereocenters. The number of halogens is 3. The van der Waals surface area contributed by atoms with Crippen LogP contribution in [-0.2, 0) is 29.7 Å². The number of pyridine rings is 2. The summed E-state index contributed by atoms with van der Waals surface area (Å²) in [6.07, 6.45) is 1.36. The largest absolute Gasteiger partial charge is 0.490 e. The number of carboxylic acids is 2. The number of hydrogen-bond acceptors (Lipinski definition) is 8. The van der Waals surface area contributed by atoms with E-state index < -0.39 is 29.4 Å². The lowest BCUT2D eigenvalue weighted by molar-refractivity contribution is -0.192. The lowest BCUT2D eigenvalue weighted by Gasteiger charge is -2.33. The smallest absolute Gasteiger partial charge is 0.489 e. The van der Waals surface area contributed by atoms with Gasteiger partial charge in [0.25, 0.3) is 0 Å². The first-order valence-electron chi connectivity index (χ1n) is 14.6. The lowest BCUT2D eigenvalue weighted by Crippen LogP contribution is -2.33. The summed E-state index contributed by atoms with van der Waals surface area (Å²) in [6.45, 7) is 11.9. The van der Waals surface area contributed by atoms with Gasteiger partial charge in [-0.15, -0.1) is 5.10 Å². The van der Waals surface area contributed by atoms with E-state index in [2.05, 4.69) is 33.2 Å². The van der Waals surface area contributed by atoms with E-state index in [1.165, 1.54) is 0 Å². The molecule has 3 aromatic heterocycles. The topological polar surface area (TPSA) is 144 Å². The summed E-state index contributed by atoms with van der Waals surface area (Å²) in [4.78, 5) is 32.9. The number of fused-ring (bicyclic) bond motifs is 2. The molecule has 5 rings (SSSR count). The van der Waals surface area contributed by atoms with Crippen LogP contribution in [0.25, 0.3) is 11.0 Å². The first-order valence-corrected chi connectivity index (χ1v) is 14.6. The average molecular weight is 643 g/mol. The average Bonchev–Trinajstić information content (AvgIpc) is 3.26. The number of benzene rings is 1. The zero-order valence-electron chi connectivity index (χ0n) is 26.5. The van der Waals surface area contributed by atoms with Crippen LogP contribution in [0.2, 0.25) is 0 Å². The standard InChI is InChI=1S/C30H36N6O3.C2HF3O2/c1-7-23-17-36(16-22-13-31-11-10-26(22)39-23)15-21-12-20(14-32-19(21)3)27(30(4,5)29(37)38)24-8-9-25-28(18(24)2)33-34-35(25)6;3-2(4,5)1(6)7/h8-14,23,27H,7,15-17H2,1-6H3,(H,37,38);(H,6,7)/t23-,27?;/m1./s1. The van der Waals surface area contributed by atoms with Crippen LogP contribution >= 0.6 is 0 Å². The molecule has 4 aromatic rings. The molecule has 0 aliphatic carbocycles. The van der Waals surface area contributed by atoms with E-state index in [9.17, 15) is 23.1 Å². The van der Waals surface area contributed by atoms with Crippen molar-refractivity contribution < 1.29 is 37.7 Å². The Balaban J connectivity index is 0.000000617. The van der Waals surface area contributed by atoms with Gasteiger partial charge < -0.3 is 14.9 Å². The maximum Gasteiger partial charge on any atom is 0.490 e. The highest BCUT2D eigenvalue weighted by Crippen LogP contribution is 2.44. The van der Waals surface area contributed by atoms with Gasteiger partial charge in [0.2, 0.25) is 0 Å². The van der Waals surface area contributed by atoms with E-state index in [1.54, 1.807) is 24.7 Å². The molecule has 0 amide bonds. The molecule has 1 aliphatic rings. The number of alkyl halides is 3. The normalized spacial score (nSPS) is 16.1. The molecule has 14 heteroatoms. The summed E-state index contributed by atoms with van der Waals surface area (Å²) in [6, 6.07) is 8.05. The first-order chi connectivity index (χ1) is 21.5. The molecule has 0 saturated carbocycles. The van der Waals surface area contributed by atoms with Crippen molar-refractivity contribution in [2.45, 2.75) is 72.3 Å². The highest BCUT2D eigenvalue weighted by Gasteiger charge is 2.41. The van der Waals surface area contributed by atoms with E-state index in [1.807, 2.05) is 51.5 Å². The van der Waals surface area contributed by atoms with Crippen LogP contribution in [0.15, 0.2) is 42.9 Å². The van der Waals surface area contributed by atoms with E-state index >= 15 is 0 Å². The maximum absolute atomic E-state index is 12.6. The van der Waals surface area contributed by atoms with Crippen molar-refractivity contribution in [3.05, 3.63) is 76.4 Å². The fraction of sp³-hybridized carbons (Fsp3) is 0.438. The van der Waals surface area contributed by atoms with Crippen LogP contribution in [0, 0.1) is 19.3 Å². The molecule has 2 atom stereocenters. The summed E-state index contributed by atoms with van der Waals surface area (Å²) >= 11 is 0. The van der Waals surface area contributed by atoms with Gasteiger partial charge in [-0.05, 0) is 68.5 Å². The lowest BCUT2D eigenvalue weighted by atomic mass is 9.70. The van der Waals surface area contributed by atoms with Crippen molar-refractivity contribution in [1.82, 2.24) is 29.9 Å². The van der Waals surface area contributed by atoms with Gasteiger partial charge in [0.15, 0.2) is 0 Å². The fourth-order valence-corrected chi connectivity index (χ4v) is 5.62. The Kier molecular flexibility index (Phi) is 10.00. The number of aliphatic carboxylic acids is 2. The number of carbonyl (C=O) groups is 2. The van der Waals surface area contributed by atoms with Crippen LogP contribution in [0.4, 0.5) is 13.2 Å². The first kappa shape index (κ1) is 34.3. The van der Waals surface area contributed by atoms with Crippen LogP contribution in [0.3, 0.4) is 0 Å². The second-order valence-corrected chi connectivity index (χ2v) is 11.9. The molecule has 4 heterocycles. The van der Waals surface area contributed by atoms with Crippen LogP contribution in [0.1, 0.15) is 66.6 Å². The predicted octanol–water partition coefficient (Wildman–Crippen LogP) is 5.42. The molecular weight excluding hydrogens is 605 g/mol. The molecule has 11 nitrogen and oxygen atoms in total. The zero-order valence-corrected chi connectivity index (χ0v) is 26.5. The summed E-state index contributed by atoms with van der Waals surface area (Å²) in [5, 5.41) is 26.0. The van der Waals surface area contributed by atoms with E-state index in [4.69, 9.17) is 19.6 Å². The fourth-order valence-electron chi connectivity index (χ4n) is 5.62. The van der Waals surface area contributed by atoms with Gasteiger partial charge in [0, 0.05) is 62.4 Å². The molecule has 0 saturated heterocycles. The summed E-state index contributed by atoms with van der Waals surface area (Å²) in [7, 11) is 1.86. The number of ether oxygens (including phenoxy) is 1. The Labute approximate surface area is 264 Å². The Morgan fingerprint density at radius 3 is 2.43 bits per heavy atom. The Bertz CT molecular complexity index is 1740. The molecule has 2 N–H and O–H groups in total. The van der Waals surface area contributed by atoms with Crippen molar-refractivity contribution in [3.63, 3.8) is 0 Å². The van der Waals surface area contributed by atoms with Gasteiger partial charge in [0.05, 0.1) is 10.9 Å². The molecular formula is C32H37F3N6O5. The third-order valence-electron chi connectivity index (χ3n) is 8.31. The highest BCUT2D eigenvalue weighted by molar-refractivity contribution is 5.81.